The van der Waals surface area contributed by atoms with E-state index in [1.165, 1.54) is 0 Å². The van der Waals surface area contributed by atoms with Gasteiger partial charge in [-0.15, -0.1) is 0 Å². The fourth-order valence-corrected chi connectivity index (χ4v) is 2.43. The molecular formula is C9H10Cl2O2S. The van der Waals surface area contributed by atoms with Crippen LogP contribution in [-0.2, 0) is 14.8 Å². The van der Waals surface area contributed by atoms with Crippen LogP contribution in [0.4, 0.5) is 0 Å². The number of halogens is 2. The van der Waals surface area contributed by atoms with E-state index in [4.69, 9.17) is 22.3 Å². The second-order valence-corrected chi connectivity index (χ2v) is 6.40. The van der Waals surface area contributed by atoms with E-state index in [-0.39, 0.29) is 5.75 Å². The van der Waals surface area contributed by atoms with Crippen molar-refractivity contribution in [3.05, 3.63) is 33.8 Å². The summed E-state index contributed by atoms with van der Waals surface area (Å²) in [6.45, 7) is 3.70. The van der Waals surface area contributed by atoms with Crippen molar-refractivity contribution < 1.29 is 8.42 Å². The van der Waals surface area contributed by atoms with Gasteiger partial charge in [0, 0.05) is 15.7 Å². The first-order valence-electron chi connectivity index (χ1n) is 3.97. The summed E-state index contributed by atoms with van der Waals surface area (Å²) in [5.41, 5.74) is 2.46. The highest BCUT2D eigenvalue weighted by Gasteiger charge is 2.10. The monoisotopic (exact) mass is 252 g/mol. The topological polar surface area (TPSA) is 34.1 Å². The quantitative estimate of drug-likeness (QED) is 0.759. The molecule has 1 rings (SSSR count). The maximum absolute atomic E-state index is 10.9. The molecule has 0 aliphatic carbocycles. The van der Waals surface area contributed by atoms with E-state index in [0.29, 0.717) is 10.6 Å². The lowest BCUT2D eigenvalue weighted by Crippen LogP contribution is -1.98. The van der Waals surface area contributed by atoms with Crippen LogP contribution in [0.5, 0.6) is 0 Å². The maximum atomic E-state index is 10.9. The van der Waals surface area contributed by atoms with Gasteiger partial charge >= 0.3 is 0 Å². The van der Waals surface area contributed by atoms with Crippen LogP contribution in [0.3, 0.4) is 0 Å². The highest BCUT2D eigenvalue weighted by molar-refractivity contribution is 8.13. The Labute approximate surface area is 93.3 Å². The van der Waals surface area contributed by atoms with Crippen molar-refractivity contribution in [2.24, 2.45) is 0 Å². The molecule has 0 N–H and O–H groups in total. The predicted molar refractivity (Wildman–Crippen MR) is 59.4 cm³/mol. The SMILES string of the molecule is Cc1cc(C)c(CS(=O)(=O)Cl)cc1Cl. The number of benzene rings is 1. The Bertz CT molecular complexity index is 452. The molecule has 14 heavy (non-hydrogen) atoms. The Kier molecular flexibility index (Phi) is 3.45. The second-order valence-electron chi connectivity index (χ2n) is 3.21. The minimum Gasteiger partial charge on any atom is -0.212 e. The van der Waals surface area contributed by atoms with E-state index in [0.717, 1.165) is 11.1 Å². The predicted octanol–water partition coefficient (Wildman–Crippen LogP) is 3.03. The van der Waals surface area contributed by atoms with E-state index in [1.54, 1.807) is 6.07 Å². The summed E-state index contributed by atoms with van der Waals surface area (Å²) >= 11 is 5.88. The van der Waals surface area contributed by atoms with Gasteiger partial charge in [-0.25, -0.2) is 8.42 Å². The van der Waals surface area contributed by atoms with Gasteiger partial charge in [0.1, 0.15) is 0 Å². The average molecular weight is 253 g/mol. The average Bonchev–Trinajstić information content (AvgIpc) is 1.97. The Hall–Kier alpha value is -0.250. The molecule has 78 valence electrons. The van der Waals surface area contributed by atoms with Crippen molar-refractivity contribution >= 4 is 31.3 Å². The molecule has 0 aliphatic heterocycles. The minimum atomic E-state index is -3.52. The molecular weight excluding hydrogens is 243 g/mol. The smallest absolute Gasteiger partial charge is 0.212 e. The van der Waals surface area contributed by atoms with E-state index in [2.05, 4.69) is 0 Å². The fraction of sp³-hybridized carbons (Fsp3) is 0.333. The van der Waals surface area contributed by atoms with Gasteiger partial charge < -0.3 is 0 Å². The number of hydrogen-bond acceptors (Lipinski definition) is 2. The Morgan fingerprint density at radius 3 is 2.29 bits per heavy atom. The molecule has 0 amide bonds. The normalized spacial score (nSPS) is 11.7. The van der Waals surface area contributed by atoms with Gasteiger partial charge in [0.2, 0.25) is 9.05 Å². The molecule has 1 aromatic rings. The summed E-state index contributed by atoms with van der Waals surface area (Å²) in [7, 11) is 1.65. The summed E-state index contributed by atoms with van der Waals surface area (Å²) in [6.07, 6.45) is 0. The highest BCUT2D eigenvalue weighted by Crippen LogP contribution is 2.22. The molecule has 0 fully saturated rings. The molecule has 5 heteroatoms. The lowest BCUT2D eigenvalue weighted by molar-refractivity contribution is 0.608. The van der Waals surface area contributed by atoms with E-state index < -0.39 is 9.05 Å². The van der Waals surface area contributed by atoms with Crippen molar-refractivity contribution in [2.45, 2.75) is 19.6 Å². The summed E-state index contributed by atoms with van der Waals surface area (Å²) in [4.78, 5) is 0. The molecule has 0 unspecified atom stereocenters. The zero-order valence-corrected chi connectivity index (χ0v) is 10.2. The molecule has 0 radical (unpaired) electrons. The third kappa shape index (κ3) is 3.15. The minimum absolute atomic E-state index is 0.180. The first kappa shape index (κ1) is 11.8. The first-order valence-corrected chi connectivity index (χ1v) is 6.83. The summed E-state index contributed by atoms with van der Waals surface area (Å²) in [5.74, 6) is -0.180. The second kappa shape index (κ2) is 4.09. The summed E-state index contributed by atoms with van der Waals surface area (Å²) in [5, 5.41) is 0.561. The third-order valence-corrected chi connectivity index (χ3v) is 3.34. The Balaban J connectivity index is 3.17. The summed E-state index contributed by atoms with van der Waals surface area (Å²) < 4.78 is 21.7. The van der Waals surface area contributed by atoms with Crippen LogP contribution in [0, 0.1) is 13.8 Å². The van der Waals surface area contributed by atoms with Gasteiger partial charge in [-0.05, 0) is 36.6 Å². The maximum Gasteiger partial charge on any atom is 0.236 e. The molecule has 0 aromatic heterocycles. The number of rotatable bonds is 2. The molecule has 0 aliphatic rings. The molecule has 0 atom stereocenters. The standard InChI is InChI=1S/C9H10Cl2O2S/c1-6-3-7(2)9(10)4-8(6)5-14(11,12)13/h3-4H,5H2,1-2H3. The van der Waals surface area contributed by atoms with Crippen molar-refractivity contribution in [3.63, 3.8) is 0 Å². The molecule has 0 bridgehead atoms. The van der Waals surface area contributed by atoms with Gasteiger partial charge in [-0.1, -0.05) is 17.7 Å². The zero-order chi connectivity index (χ0) is 10.9. The summed E-state index contributed by atoms with van der Waals surface area (Å²) in [6, 6.07) is 3.49. The van der Waals surface area contributed by atoms with Gasteiger partial charge in [0.05, 0.1) is 5.75 Å². The van der Waals surface area contributed by atoms with Crippen molar-refractivity contribution in [1.82, 2.24) is 0 Å². The molecule has 1 aromatic carbocycles. The molecule has 0 saturated heterocycles. The first-order chi connectivity index (χ1) is 6.29. The lowest BCUT2D eigenvalue weighted by Gasteiger charge is -2.06. The van der Waals surface area contributed by atoms with Crippen LogP contribution < -0.4 is 0 Å². The number of hydrogen-bond donors (Lipinski definition) is 0. The van der Waals surface area contributed by atoms with Gasteiger partial charge in [-0.2, -0.15) is 0 Å². The fourth-order valence-electron chi connectivity index (χ4n) is 1.21. The van der Waals surface area contributed by atoms with Crippen LogP contribution in [0.25, 0.3) is 0 Å². The van der Waals surface area contributed by atoms with Gasteiger partial charge in [0.25, 0.3) is 0 Å². The molecule has 2 nitrogen and oxygen atoms in total. The van der Waals surface area contributed by atoms with Crippen LogP contribution in [0.15, 0.2) is 12.1 Å². The van der Waals surface area contributed by atoms with E-state index in [1.807, 2.05) is 19.9 Å². The van der Waals surface area contributed by atoms with E-state index >= 15 is 0 Å². The molecule has 0 saturated carbocycles. The van der Waals surface area contributed by atoms with Crippen LogP contribution in [0.1, 0.15) is 16.7 Å². The zero-order valence-electron chi connectivity index (χ0n) is 7.84. The van der Waals surface area contributed by atoms with Gasteiger partial charge in [0.15, 0.2) is 0 Å². The number of aryl methyl sites for hydroxylation is 2. The molecule has 0 heterocycles. The van der Waals surface area contributed by atoms with Crippen molar-refractivity contribution in [2.75, 3.05) is 0 Å². The highest BCUT2D eigenvalue weighted by atomic mass is 35.7. The largest absolute Gasteiger partial charge is 0.236 e. The third-order valence-electron chi connectivity index (χ3n) is 1.95. The van der Waals surface area contributed by atoms with Crippen LogP contribution in [-0.4, -0.2) is 8.42 Å². The van der Waals surface area contributed by atoms with Crippen molar-refractivity contribution in [3.8, 4) is 0 Å². The Morgan fingerprint density at radius 2 is 1.79 bits per heavy atom. The lowest BCUT2D eigenvalue weighted by atomic mass is 10.1. The van der Waals surface area contributed by atoms with Gasteiger partial charge in [-0.3, -0.25) is 0 Å². The van der Waals surface area contributed by atoms with Crippen molar-refractivity contribution in [1.29, 1.82) is 0 Å². The Morgan fingerprint density at radius 1 is 1.21 bits per heavy atom. The molecule has 0 spiro atoms. The van der Waals surface area contributed by atoms with E-state index in [9.17, 15) is 8.42 Å². The van der Waals surface area contributed by atoms with Crippen LogP contribution >= 0.6 is 22.3 Å². The van der Waals surface area contributed by atoms with Crippen LogP contribution in [0.2, 0.25) is 5.02 Å².